The molecule has 112 valence electrons. The molecule has 0 radical (unpaired) electrons. The normalized spacial score (nSPS) is 11.8. The summed E-state index contributed by atoms with van der Waals surface area (Å²) in [5.74, 6) is 0. The fourth-order valence-electron chi connectivity index (χ4n) is 1.58. The predicted octanol–water partition coefficient (Wildman–Crippen LogP) is 2.72. The predicted molar refractivity (Wildman–Crippen MR) is 85.1 cm³/mol. The number of nitrogen functional groups attached to an aromatic ring is 1. The van der Waals surface area contributed by atoms with E-state index in [2.05, 4.69) is 4.98 Å². The van der Waals surface area contributed by atoms with Crippen LogP contribution in [-0.2, 0) is 10.0 Å². The van der Waals surface area contributed by atoms with Gasteiger partial charge in [-0.1, -0.05) is 29.4 Å². The summed E-state index contributed by atoms with van der Waals surface area (Å²) in [4.78, 5) is 4.83. The minimum Gasteiger partial charge on any atom is -0.397 e. The van der Waals surface area contributed by atoms with Gasteiger partial charge in [0.25, 0.3) is 0 Å². The number of anilines is 1. The second-order valence-electron chi connectivity index (χ2n) is 4.35. The molecule has 0 aliphatic heterocycles. The molecule has 0 atom stereocenters. The number of pyridine rings is 1. The van der Waals surface area contributed by atoms with Gasteiger partial charge >= 0.3 is 0 Å². The molecular formula is C13H14ClN3O2S2. The number of benzene rings is 1. The smallest absolute Gasteiger partial charge is 0.244 e. The number of aromatic nitrogens is 1. The summed E-state index contributed by atoms with van der Waals surface area (Å²) in [5, 5.41) is 1.06. The van der Waals surface area contributed by atoms with E-state index < -0.39 is 10.0 Å². The van der Waals surface area contributed by atoms with E-state index in [1.54, 1.807) is 30.5 Å². The van der Waals surface area contributed by atoms with Crippen molar-refractivity contribution in [3.05, 3.63) is 41.6 Å². The molecule has 1 aromatic carbocycles. The van der Waals surface area contributed by atoms with Crippen LogP contribution in [-0.4, -0.2) is 31.8 Å². The summed E-state index contributed by atoms with van der Waals surface area (Å²) in [6.45, 7) is 0. The lowest BCUT2D eigenvalue weighted by molar-refractivity contribution is 0.521. The zero-order valence-electron chi connectivity index (χ0n) is 11.4. The van der Waals surface area contributed by atoms with Gasteiger partial charge in [-0.25, -0.2) is 17.7 Å². The molecule has 0 spiro atoms. The van der Waals surface area contributed by atoms with Crippen molar-refractivity contribution in [1.29, 1.82) is 0 Å². The highest BCUT2D eigenvalue weighted by atomic mass is 35.5. The minimum absolute atomic E-state index is 0.0737. The summed E-state index contributed by atoms with van der Waals surface area (Å²) in [6, 6.07) is 8.30. The molecule has 5 nitrogen and oxygen atoms in total. The van der Waals surface area contributed by atoms with Crippen LogP contribution in [0.2, 0.25) is 5.02 Å². The standard InChI is InChI=1S/C13H14ClN3O2S2/c1-17(2)21(18,19)11-7-3-6-10(12(11)15)20-13-9(14)5-4-8-16-13/h3-8H,15H2,1-2H3. The van der Waals surface area contributed by atoms with Gasteiger partial charge in [0.1, 0.15) is 9.92 Å². The number of nitrogens with zero attached hydrogens (tertiary/aromatic N) is 2. The maximum Gasteiger partial charge on any atom is 0.244 e. The number of rotatable bonds is 4. The number of hydrogen-bond acceptors (Lipinski definition) is 5. The molecule has 0 aliphatic carbocycles. The zero-order chi connectivity index (χ0) is 15.6. The van der Waals surface area contributed by atoms with E-state index in [0.717, 1.165) is 4.31 Å². The number of nitrogens with two attached hydrogens (primary N) is 1. The van der Waals surface area contributed by atoms with Gasteiger partial charge in [0.05, 0.1) is 10.7 Å². The molecule has 0 saturated heterocycles. The highest BCUT2D eigenvalue weighted by molar-refractivity contribution is 7.99. The van der Waals surface area contributed by atoms with Crippen LogP contribution in [0.3, 0.4) is 0 Å². The van der Waals surface area contributed by atoms with Gasteiger partial charge in [-0.15, -0.1) is 0 Å². The van der Waals surface area contributed by atoms with Crippen molar-refractivity contribution in [3.8, 4) is 0 Å². The van der Waals surface area contributed by atoms with Gasteiger partial charge in [-0.2, -0.15) is 0 Å². The van der Waals surface area contributed by atoms with Crippen molar-refractivity contribution in [2.75, 3.05) is 19.8 Å². The first-order valence-corrected chi connectivity index (χ1v) is 8.57. The Labute approximate surface area is 133 Å². The molecule has 0 aliphatic rings. The Morgan fingerprint density at radius 1 is 1.24 bits per heavy atom. The van der Waals surface area contributed by atoms with Crippen molar-refractivity contribution >= 4 is 39.1 Å². The Hall–Kier alpha value is -1.28. The zero-order valence-corrected chi connectivity index (χ0v) is 13.8. The highest BCUT2D eigenvalue weighted by Gasteiger charge is 2.22. The first-order chi connectivity index (χ1) is 9.84. The van der Waals surface area contributed by atoms with Crippen molar-refractivity contribution in [3.63, 3.8) is 0 Å². The van der Waals surface area contributed by atoms with E-state index in [1.165, 1.54) is 31.9 Å². The number of hydrogen-bond donors (Lipinski definition) is 1. The lowest BCUT2D eigenvalue weighted by atomic mass is 10.3. The average molecular weight is 344 g/mol. The second-order valence-corrected chi connectivity index (χ2v) is 7.91. The molecule has 8 heteroatoms. The van der Waals surface area contributed by atoms with E-state index in [-0.39, 0.29) is 10.6 Å². The van der Waals surface area contributed by atoms with Gasteiger partial charge in [-0.05, 0) is 24.3 Å². The lowest BCUT2D eigenvalue weighted by Crippen LogP contribution is -2.23. The van der Waals surface area contributed by atoms with Crippen molar-refractivity contribution in [2.45, 2.75) is 14.8 Å². The largest absolute Gasteiger partial charge is 0.397 e. The molecular weight excluding hydrogens is 330 g/mol. The van der Waals surface area contributed by atoms with Crippen LogP contribution in [0.5, 0.6) is 0 Å². The fraction of sp³-hybridized carbons (Fsp3) is 0.154. The fourth-order valence-corrected chi connectivity index (χ4v) is 3.77. The molecule has 2 N–H and O–H groups in total. The number of para-hydroxylation sites is 1. The third-order valence-electron chi connectivity index (χ3n) is 2.72. The maximum absolute atomic E-state index is 12.2. The van der Waals surface area contributed by atoms with E-state index in [9.17, 15) is 8.42 Å². The molecule has 0 fully saturated rings. The van der Waals surface area contributed by atoms with Crippen LogP contribution in [0, 0.1) is 0 Å². The highest BCUT2D eigenvalue weighted by Crippen LogP contribution is 2.37. The topological polar surface area (TPSA) is 76.3 Å². The van der Waals surface area contributed by atoms with Crippen LogP contribution in [0.1, 0.15) is 0 Å². The van der Waals surface area contributed by atoms with Crippen molar-refractivity contribution < 1.29 is 8.42 Å². The van der Waals surface area contributed by atoms with E-state index >= 15 is 0 Å². The molecule has 0 saturated carbocycles. The second kappa shape index (κ2) is 6.23. The summed E-state index contributed by atoms with van der Waals surface area (Å²) in [6.07, 6.45) is 1.62. The van der Waals surface area contributed by atoms with Gasteiger partial charge < -0.3 is 5.73 Å². The van der Waals surface area contributed by atoms with Crippen LogP contribution >= 0.6 is 23.4 Å². The first-order valence-electron chi connectivity index (χ1n) is 5.93. The molecule has 1 heterocycles. The van der Waals surface area contributed by atoms with E-state index in [4.69, 9.17) is 17.3 Å². The lowest BCUT2D eigenvalue weighted by Gasteiger charge is -2.15. The quantitative estimate of drug-likeness (QED) is 0.864. The molecule has 0 amide bonds. The van der Waals surface area contributed by atoms with Crippen LogP contribution in [0.4, 0.5) is 5.69 Å². The summed E-state index contributed by atoms with van der Waals surface area (Å²) >= 11 is 7.29. The van der Waals surface area contributed by atoms with Gasteiger partial charge in [0.2, 0.25) is 10.0 Å². The number of halogens is 1. The monoisotopic (exact) mass is 343 g/mol. The summed E-state index contributed by atoms with van der Waals surface area (Å²) in [7, 11) is -0.666. The minimum atomic E-state index is -3.59. The van der Waals surface area contributed by atoms with Gasteiger partial charge in [-0.3, -0.25) is 0 Å². The van der Waals surface area contributed by atoms with Crippen molar-refractivity contribution in [2.24, 2.45) is 0 Å². The van der Waals surface area contributed by atoms with Gasteiger partial charge in [0.15, 0.2) is 0 Å². The first kappa shape index (κ1) is 16.1. The molecule has 0 unspecified atom stereocenters. The van der Waals surface area contributed by atoms with E-state index in [1.807, 2.05) is 0 Å². The third kappa shape index (κ3) is 3.32. The molecule has 2 aromatic rings. The maximum atomic E-state index is 12.2. The van der Waals surface area contributed by atoms with Crippen molar-refractivity contribution in [1.82, 2.24) is 9.29 Å². The summed E-state index contributed by atoms with van der Waals surface area (Å²) in [5.41, 5.74) is 6.20. The van der Waals surface area contributed by atoms with Crippen LogP contribution < -0.4 is 5.73 Å². The number of sulfonamides is 1. The molecule has 2 rings (SSSR count). The Balaban J connectivity index is 2.47. The van der Waals surface area contributed by atoms with Gasteiger partial charge in [0, 0.05) is 25.2 Å². The summed E-state index contributed by atoms with van der Waals surface area (Å²) < 4.78 is 25.6. The van der Waals surface area contributed by atoms with E-state index in [0.29, 0.717) is 14.9 Å². The molecule has 1 aromatic heterocycles. The Morgan fingerprint density at radius 3 is 2.57 bits per heavy atom. The Morgan fingerprint density at radius 2 is 1.95 bits per heavy atom. The SMILES string of the molecule is CN(C)S(=O)(=O)c1cccc(Sc2ncccc2Cl)c1N. The Kier molecular flexibility index (Phi) is 4.77. The third-order valence-corrected chi connectivity index (χ3v) is 6.10. The van der Waals surface area contributed by atoms with Crippen LogP contribution in [0.25, 0.3) is 0 Å². The molecule has 0 bridgehead atoms. The average Bonchev–Trinajstić information content (AvgIpc) is 2.43. The molecule has 21 heavy (non-hydrogen) atoms. The Bertz CT molecular complexity index is 764. The van der Waals surface area contributed by atoms with Crippen LogP contribution in [0.15, 0.2) is 51.3 Å².